The Hall–Kier alpha value is -0.120. The summed E-state index contributed by atoms with van der Waals surface area (Å²) in [4.78, 5) is 8.57. The minimum Gasteiger partial charge on any atom is -0.300 e. The van der Waals surface area contributed by atoms with E-state index in [0.717, 1.165) is 23.3 Å². The predicted octanol–water partition coefficient (Wildman–Crippen LogP) is 5.79. The van der Waals surface area contributed by atoms with Gasteiger partial charge in [-0.2, -0.15) is 0 Å². The first-order chi connectivity index (χ1) is 15.2. The smallest absolute Gasteiger partial charge is 0.0153 e. The SMILES string of the molecule is CC(C)(CCC(C)(C)N1CCC2(CC1)CC1CCCN1C2)N1CCC2(CC1)CC1CC1C2. The maximum absolute atomic E-state index is 2.87. The van der Waals surface area contributed by atoms with Crippen LogP contribution in [0.2, 0.25) is 0 Å². The van der Waals surface area contributed by atoms with Crippen molar-refractivity contribution in [3.8, 4) is 0 Å². The van der Waals surface area contributed by atoms with Gasteiger partial charge in [0.25, 0.3) is 0 Å². The first-order valence-electron chi connectivity index (χ1n) is 14.4. The van der Waals surface area contributed by atoms with Crippen LogP contribution in [-0.4, -0.2) is 71.1 Å². The van der Waals surface area contributed by atoms with Crippen LogP contribution in [0.5, 0.6) is 0 Å². The van der Waals surface area contributed by atoms with Gasteiger partial charge in [0.05, 0.1) is 0 Å². The van der Waals surface area contributed by atoms with Crippen LogP contribution < -0.4 is 0 Å². The maximum atomic E-state index is 2.87. The van der Waals surface area contributed by atoms with Crippen LogP contribution in [0.1, 0.15) is 105 Å². The summed E-state index contributed by atoms with van der Waals surface area (Å²) in [6, 6.07) is 0.939. The Morgan fingerprint density at radius 2 is 1.22 bits per heavy atom. The molecule has 4 aliphatic heterocycles. The average molecular weight is 442 g/mol. The van der Waals surface area contributed by atoms with E-state index < -0.39 is 0 Å². The zero-order valence-corrected chi connectivity index (χ0v) is 21.8. The minimum atomic E-state index is 0.345. The molecule has 4 saturated heterocycles. The zero-order valence-electron chi connectivity index (χ0n) is 21.8. The summed E-state index contributed by atoms with van der Waals surface area (Å²) in [6.45, 7) is 18.4. The lowest BCUT2D eigenvalue weighted by Gasteiger charge is -2.50. The van der Waals surface area contributed by atoms with Gasteiger partial charge in [-0.3, -0.25) is 14.7 Å². The highest BCUT2D eigenvalue weighted by atomic mass is 15.2. The molecule has 0 bridgehead atoms. The Labute approximate surface area is 198 Å². The van der Waals surface area contributed by atoms with Gasteiger partial charge in [-0.15, -0.1) is 0 Å². The Balaban J connectivity index is 0.989. The molecular weight excluding hydrogens is 390 g/mol. The zero-order chi connectivity index (χ0) is 22.2. The van der Waals surface area contributed by atoms with E-state index in [9.17, 15) is 0 Å². The summed E-state index contributed by atoms with van der Waals surface area (Å²) in [7, 11) is 0. The third-order valence-corrected chi connectivity index (χ3v) is 11.9. The second-order valence-electron chi connectivity index (χ2n) is 14.7. The Kier molecular flexibility index (Phi) is 5.37. The third kappa shape index (κ3) is 4.01. The minimum absolute atomic E-state index is 0.345. The van der Waals surface area contributed by atoms with Crippen LogP contribution in [-0.2, 0) is 0 Å². The van der Waals surface area contributed by atoms with Crippen molar-refractivity contribution in [2.24, 2.45) is 22.7 Å². The molecule has 0 N–H and O–H groups in total. The standard InChI is InChI=1S/C29H51N3/c1-26(2,31-14-9-28(10-15-31)19-23-18-24(23)20-28)7-8-27(3,4)32-16-11-29(12-17-32)21-25-6-5-13-30(25)22-29/h23-25H,5-22H2,1-4H3. The van der Waals surface area contributed by atoms with Gasteiger partial charge in [-0.25, -0.2) is 0 Å². The largest absolute Gasteiger partial charge is 0.300 e. The lowest BCUT2D eigenvalue weighted by molar-refractivity contribution is 0.00141. The van der Waals surface area contributed by atoms with Crippen molar-refractivity contribution in [1.29, 1.82) is 0 Å². The first-order valence-corrected chi connectivity index (χ1v) is 14.4. The van der Waals surface area contributed by atoms with Crippen molar-refractivity contribution in [2.45, 2.75) is 122 Å². The molecule has 2 spiro atoms. The molecule has 2 saturated carbocycles. The molecule has 2 aliphatic carbocycles. The summed E-state index contributed by atoms with van der Waals surface area (Å²) < 4.78 is 0. The molecule has 0 aromatic heterocycles. The van der Waals surface area contributed by atoms with Gasteiger partial charge in [-0.1, -0.05) is 0 Å². The van der Waals surface area contributed by atoms with Gasteiger partial charge in [0.15, 0.2) is 0 Å². The van der Waals surface area contributed by atoms with E-state index in [4.69, 9.17) is 0 Å². The Morgan fingerprint density at radius 1 is 0.688 bits per heavy atom. The van der Waals surface area contributed by atoms with Gasteiger partial charge in [-0.05, 0) is 160 Å². The van der Waals surface area contributed by atoms with Crippen molar-refractivity contribution in [1.82, 2.24) is 14.7 Å². The maximum Gasteiger partial charge on any atom is 0.0153 e. The first kappa shape index (κ1) is 22.4. The topological polar surface area (TPSA) is 9.72 Å². The number of fused-ring (bicyclic) bond motifs is 2. The molecule has 6 rings (SSSR count). The molecule has 6 aliphatic rings. The molecule has 0 amide bonds. The van der Waals surface area contributed by atoms with Crippen molar-refractivity contribution >= 4 is 0 Å². The van der Waals surface area contributed by atoms with Crippen LogP contribution in [0.3, 0.4) is 0 Å². The molecule has 3 atom stereocenters. The van der Waals surface area contributed by atoms with Crippen molar-refractivity contribution in [3.63, 3.8) is 0 Å². The fourth-order valence-electron chi connectivity index (χ4n) is 9.21. The van der Waals surface area contributed by atoms with E-state index in [1.165, 1.54) is 97.1 Å². The number of hydrogen-bond donors (Lipinski definition) is 0. The van der Waals surface area contributed by atoms with Gasteiger partial charge >= 0.3 is 0 Å². The summed E-state index contributed by atoms with van der Waals surface area (Å²) in [5, 5.41) is 0. The van der Waals surface area contributed by atoms with Gasteiger partial charge in [0.1, 0.15) is 0 Å². The molecule has 3 nitrogen and oxygen atoms in total. The van der Waals surface area contributed by atoms with Gasteiger partial charge in [0.2, 0.25) is 0 Å². The van der Waals surface area contributed by atoms with Crippen LogP contribution in [0.4, 0.5) is 0 Å². The molecule has 3 unspecified atom stereocenters. The number of likely N-dealkylation sites (tertiary alicyclic amines) is 2. The second kappa shape index (κ2) is 7.69. The molecule has 0 aromatic rings. The molecule has 32 heavy (non-hydrogen) atoms. The quantitative estimate of drug-likeness (QED) is 0.535. The van der Waals surface area contributed by atoms with E-state index in [2.05, 4.69) is 42.4 Å². The fraction of sp³-hybridized carbons (Fsp3) is 1.00. The van der Waals surface area contributed by atoms with E-state index in [1.54, 1.807) is 19.3 Å². The molecule has 0 radical (unpaired) electrons. The molecule has 0 aromatic carbocycles. The lowest BCUT2D eigenvalue weighted by Crippen LogP contribution is -2.54. The monoisotopic (exact) mass is 441 g/mol. The highest BCUT2D eigenvalue weighted by Gasteiger charge is 2.54. The van der Waals surface area contributed by atoms with Crippen LogP contribution in [0, 0.1) is 22.7 Å². The molecular formula is C29H51N3. The molecule has 6 fully saturated rings. The van der Waals surface area contributed by atoms with E-state index in [-0.39, 0.29) is 0 Å². The summed E-state index contributed by atoms with van der Waals surface area (Å²) >= 11 is 0. The summed E-state index contributed by atoms with van der Waals surface area (Å²) in [5.74, 6) is 2.28. The normalized spacial score (nSPS) is 37.3. The van der Waals surface area contributed by atoms with E-state index >= 15 is 0 Å². The Bertz CT molecular complexity index is 669. The molecule has 182 valence electrons. The fourth-order valence-corrected chi connectivity index (χ4v) is 9.21. The number of nitrogens with zero attached hydrogens (tertiary/aromatic N) is 3. The van der Waals surface area contributed by atoms with Gasteiger partial charge in [0, 0.05) is 23.7 Å². The van der Waals surface area contributed by atoms with E-state index in [0.29, 0.717) is 16.5 Å². The summed E-state index contributed by atoms with van der Waals surface area (Å²) in [6.07, 6.45) is 17.7. The van der Waals surface area contributed by atoms with Crippen LogP contribution >= 0.6 is 0 Å². The third-order valence-electron chi connectivity index (χ3n) is 11.9. The lowest BCUT2D eigenvalue weighted by atomic mass is 9.73. The number of hydrogen-bond acceptors (Lipinski definition) is 3. The van der Waals surface area contributed by atoms with Crippen molar-refractivity contribution in [2.75, 3.05) is 39.3 Å². The number of rotatable bonds is 5. The second-order valence-corrected chi connectivity index (χ2v) is 14.7. The van der Waals surface area contributed by atoms with Crippen LogP contribution in [0.15, 0.2) is 0 Å². The predicted molar refractivity (Wildman–Crippen MR) is 134 cm³/mol. The molecule has 3 heteroatoms. The van der Waals surface area contributed by atoms with Gasteiger partial charge < -0.3 is 0 Å². The average Bonchev–Trinajstić information content (AvgIpc) is 3.05. The van der Waals surface area contributed by atoms with Crippen molar-refractivity contribution < 1.29 is 0 Å². The highest BCUT2D eigenvalue weighted by Crippen LogP contribution is 2.63. The van der Waals surface area contributed by atoms with Crippen LogP contribution in [0.25, 0.3) is 0 Å². The number of piperidine rings is 2. The summed E-state index contributed by atoms with van der Waals surface area (Å²) in [5.41, 5.74) is 2.13. The Morgan fingerprint density at radius 3 is 1.75 bits per heavy atom. The highest BCUT2D eigenvalue weighted by molar-refractivity contribution is 5.06. The van der Waals surface area contributed by atoms with Crippen molar-refractivity contribution in [3.05, 3.63) is 0 Å². The van der Waals surface area contributed by atoms with E-state index in [1.807, 2.05) is 0 Å². The molecule has 4 heterocycles.